The number of rotatable bonds is 6. The number of para-hydroxylation sites is 1. The molecule has 4 N–H and O–H groups in total. The molecule has 0 heterocycles. The first kappa shape index (κ1) is 14.7. The first-order valence-corrected chi connectivity index (χ1v) is 7.01. The fourth-order valence-corrected chi connectivity index (χ4v) is 2.45. The number of aliphatic hydroxyl groups excluding tert-OH is 1. The monoisotopic (exact) mass is 273 g/mol. The molecule has 102 valence electrons. The van der Waals surface area contributed by atoms with E-state index in [1.54, 1.807) is 12.1 Å². The van der Waals surface area contributed by atoms with Crippen molar-refractivity contribution in [3.8, 4) is 0 Å². The third kappa shape index (κ3) is 3.12. The SMILES string of the molecule is CN(C)S(=O)(=O)c1cccc(NCCCO)c1N. The Morgan fingerprint density at radius 1 is 1.39 bits per heavy atom. The van der Waals surface area contributed by atoms with Crippen molar-refractivity contribution in [3.05, 3.63) is 18.2 Å². The van der Waals surface area contributed by atoms with Gasteiger partial charge in [0, 0.05) is 27.2 Å². The molecule has 0 aromatic heterocycles. The van der Waals surface area contributed by atoms with E-state index in [1.165, 1.54) is 20.2 Å². The first-order chi connectivity index (χ1) is 8.41. The Morgan fingerprint density at radius 2 is 2.06 bits per heavy atom. The lowest BCUT2D eigenvalue weighted by Gasteiger charge is -2.16. The molecular formula is C11H19N3O3S. The van der Waals surface area contributed by atoms with Crippen molar-refractivity contribution in [2.75, 3.05) is 38.3 Å². The smallest absolute Gasteiger partial charge is 0.244 e. The van der Waals surface area contributed by atoms with Crippen molar-refractivity contribution in [1.82, 2.24) is 4.31 Å². The molecule has 0 saturated carbocycles. The summed E-state index contributed by atoms with van der Waals surface area (Å²) in [5.41, 5.74) is 6.62. The van der Waals surface area contributed by atoms with Gasteiger partial charge in [0.15, 0.2) is 0 Å². The molecule has 0 aliphatic rings. The summed E-state index contributed by atoms with van der Waals surface area (Å²) in [7, 11) is -0.624. The summed E-state index contributed by atoms with van der Waals surface area (Å²) in [6.07, 6.45) is 0.574. The second-order valence-electron chi connectivity index (χ2n) is 4.01. The summed E-state index contributed by atoms with van der Waals surface area (Å²) in [6, 6.07) is 4.82. The Balaban J connectivity index is 3.06. The number of nitrogens with one attached hydrogen (secondary N) is 1. The van der Waals surface area contributed by atoms with Crippen LogP contribution in [0.5, 0.6) is 0 Å². The van der Waals surface area contributed by atoms with Crippen LogP contribution in [-0.2, 0) is 10.0 Å². The summed E-state index contributed by atoms with van der Waals surface area (Å²) in [6.45, 7) is 0.606. The molecular weight excluding hydrogens is 254 g/mol. The van der Waals surface area contributed by atoms with Gasteiger partial charge in [-0.1, -0.05) is 6.07 Å². The van der Waals surface area contributed by atoms with E-state index in [0.717, 1.165) is 4.31 Å². The van der Waals surface area contributed by atoms with E-state index in [4.69, 9.17) is 10.8 Å². The van der Waals surface area contributed by atoms with E-state index in [-0.39, 0.29) is 17.2 Å². The van der Waals surface area contributed by atoms with Crippen molar-refractivity contribution in [1.29, 1.82) is 0 Å². The molecule has 0 saturated heterocycles. The Hall–Kier alpha value is -1.31. The minimum atomic E-state index is -3.54. The molecule has 0 bridgehead atoms. The molecule has 0 atom stereocenters. The largest absolute Gasteiger partial charge is 0.396 e. The second-order valence-corrected chi connectivity index (χ2v) is 6.13. The maximum atomic E-state index is 12.0. The number of aliphatic hydroxyl groups is 1. The predicted molar refractivity (Wildman–Crippen MR) is 71.9 cm³/mol. The van der Waals surface area contributed by atoms with Crippen LogP contribution in [0.4, 0.5) is 11.4 Å². The molecule has 7 heteroatoms. The van der Waals surface area contributed by atoms with Gasteiger partial charge in [0.2, 0.25) is 10.0 Å². The van der Waals surface area contributed by atoms with E-state index in [9.17, 15) is 8.42 Å². The molecule has 0 aliphatic carbocycles. The van der Waals surface area contributed by atoms with Crippen molar-refractivity contribution in [2.45, 2.75) is 11.3 Å². The number of anilines is 2. The minimum Gasteiger partial charge on any atom is -0.396 e. The average molecular weight is 273 g/mol. The van der Waals surface area contributed by atoms with Gasteiger partial charge in [-0.25, -0.2) is 12.7 Å². The van der Waals surface area contributed by atoms with Crippen LogP contribution in [0.25, 0.3) is 0 Å². The molecule has 1 aromatic rings. The Bertz CT molecular complexity index is 500. The van der Waals surface area contributed by atoms with Gasteiger partial charge in [0.25, 0.3) is 0 Å². The Kier molecular flexibility index (Phi) is 4.94. The zero-order valence-corrected chi connectivity index (χ0v) is 11.4. The van der Waals surface area contributed by atoms with Gasteiger partial charge in [0.1, 0.15) is 4.90 Å². The fourth-order valence-electron chi connectivity index (χ4n) is 1.42. The number of sulfonamides is 1. The Morgan fingerprint density at radius 3 is 2.61 bits per heavy atom. The molecule has 18 heavy (non-hydrogen) atoms. The number of nitrogens with two attached hydrogens (primary N) is 1. The number of nitrogens with zero attached hydrogens (tertiary/aromatic N) is 1. The summed E-state index contributed by atoms with van der Waals surface area (Å²) in [5, 5.41) is 11.7. The maximum absolute atomic E-state index is 12.0. The van der Waals surface area contributed by atoms with E-state index in [0.29, 0.717) is 18.7 Å². The van der Waals surface area contributed by atoms with Gasteiger partial charge in [-0.15, -0.1) is 0 Å². The van der Waals surface area contributed by atoms with E-state index >= 15 is 0 Å². The predicted octanol–water partition coefficient (Wildman–Crippen LogP) is 0.313. The van der Waals surface area contributed by atoms with Crippen LogP contribution >= 0.6 is 0 Å². The normalized spacial score (nSPS) is 11.8. The zero-order valence-electron chi connectivity index (χ0n) is 10.5. The number of benzene rings is 1. The van der Waals surface area contributed by atoms with Gasteiger partial charge >= 0.3 is 0 Å². The van der Waals surface area contributed by atoms with Crippen molar-refractivity contribution < 1.29 is 13.5 Å². The van der Waals surface area contributed by atoms with Gasteiger partial charge in [-0.3, -0.25) is 0 Å². The highest BCUT2D eigenvalue weighted by atomic mass is 32.2. The average Bonchev–Trinajstić information content (AvgIpc) is 2.31. The molecule has 0 fully saturated rings. The summed E-state index contributed by atoms with van der Waals surface area (Å²) >= 11 is 0. The second kappa shape index (κ2) is 6.03. The minimum absolute atomic E-state index is 0.0720. The van der Waals surface area contributed by atoms with Gasteiger partial charge < -0.3 is 16.2 Å². The van der Waals surface area contributed by atoms with Gasteiger partial charge in [-0.2, -0.15) is 0 Å². The number of hydrogen-bond donors (Lipinski definition) is 3. The third-order valence-corrected chi connectivity index (χ3v) is 4.35. The highest BCUT2D eigenvalue weighted by molar-refractivity contribution is 7.89. The molecule has 0 amide bonds. The zero-order chi connectivity index (χ0) is 13.8. The molecule has 0 radical (unpaired) electrons. The molecule has 0 unspecified atom stereocenters. The third-order valence-electron chi connectivity index (χ3n) is 2.48. The highest BCUT2D eigenvalue weighted by Crippen LogP contribution is 2.27. The first-order valence-electron chi connectivity index (χ1n) is 5.57. The van der Waals surface area contributed by atoms with Crippen LogP contribution in [0, 0.1) is 0 Å². The standard InChI is InChI=1S/C11H19N3O3S/c1-14(2)18(16,17)10-6-3-5-9(11(10)12)13-7-4-8-15/h3,5-6,13,15H,4,7-8,12H2,1-2H3. The lowest BCUT2D eigenvalue weighted by molar-refractivity contribution is 0.292. The molecule has 6 nitrogen and oxygen atoms in total. The Labute approximate surface area is 107 Å². The van der Waals surface area contributed by atoms with Crippen LogP contribution in [0.15, 0.2) is 23.1 Å². The van der Waals surface area contributed by atoms with Crippen molar-refractivity contribution >= 4 is 21.4 Å². The summed E-state index contributed by atoms with van der Waals surface area (Å²) in [4.78, 5) is 0.0847. The van der Waals surface area contributed by atoms with Gasteiger partial charge in [-0.05, 0) is 18.6 Å². The molecule has 1 aromatic carbocycles. The molecule has 0 aliphatic heterocycles. The van der Waals surface area contributed by atoms with E-state index in [2.05, 4.69) is 5.32 Å². The number of hydrogen-bond acceptors (Lipinski definition) is 5. The number of nitrogen functional groups attached to an aromatic ring is 1. The fraction of sp³-hybridized carbons (Fsp3) is 0.455. The lowest BCUT2D eigenvalue weighted by Crippen LogP contribution is -2.23. The highest BCUT2D eigenvalue weighted by Gasteiger charge is 2.21. The van der Waals surface area contributed by atoms with E-state index < -0.39 is 10.0 Å². The topological polar surface area (TPSA) is 95.7 Å². The summed E-state index contributed by atoms with van der Waals surface area (Å²) < 4.78 is 25.1. The van der Waals surface area contributed by atoms with Crippen LogP contribution in [0.1, 0.15) is 6.42 Å². The van der Waals surface area contributed by atoms with E-state index in [1.807, 2.05) is 0 Å². The molecule has 0 spiro atoms. The maximum Gasteiger partial charge on any atom is 0.244 e. The van der Waals surface area contributed by atoms with Gasteiger partial charge in [0.05, 0.1) is 11.4 Å². The van der Waals surface area contributed by atoms with Crippen LogP contribution < -0.4 is 11.1 Å². The summed E-state index contributed by atoms with van der Waals surface area (Å²) in [5.74, 6) is 0. The van der Waals surface area contributed by atoms with Crippen molar-refractivity contribution in [2.24, 2.45) is 0 Å². The van der Waals surface area contributed by atoms with Crippen LogP contribution in [0.2, 0.25) is 0 Å². The van der Waals surface area contributed by atoms with Crippen LogP contribution in [-0.4, -0.2) is 45.1 Å². The quantitative estimate of drug-likeness (QED) is 0.512. The van der Waals surface area contributed by atoms with Crippen LogP contribution in [0.3, 0.4) is 0 Å². The van der Waals surface area contributed by atoms with Crippen molar-refractivity contribution in [3.63, 3.8) is 0 Å². The molecule has 1 rings (SSSR count). The lowest BCUT2D eigenvalue weighted by atomic mass is 10.2.